The van der Waals surface area contributed by atoms with Gasteiger partial charge in [0.2, 0.25) is 5.91 Å². The Morgan fingerprint density at radius 2 is 0.959 bits per heavy atom. The molecule has 1 fully saturated rings. The standard InChI is InChI=1S/C63H111NO10/c1-3-5-7-9-11-13-30-35-39-43-47-51-59(68)72-52-48-44-40-36-32-29-27-25-23-21-19-17-15-16-18-20-22-24-26-28-31-34-38-42-46-50-58(67)64-55(54-73-63-62(71)61(70)60(69)57(53-65)74-63)56(66)49-45-41-37-33-14-12-10-8-6-4-2/h6,8-9,11,14,16-19,33,45,49,55-57,60-63,65-66,69-71H,3-5,7,10,12-13,15,20-32,34-44,46-48,50-54H2,1-2H3,(H,64,67)/b8-6+,11-9-,18-16-,19-17-,33-14+,49-45+. The summed E-state index contributed by atoms with van der Waals surface area (Å²) >= 11 is 0. The van der Waals surface area contributed by atoms with Crippen molar-refractivity contribution in [2.45, 2.75) is 294 Å². The minimum absolute atomic E-state index is 0.0145. The van der Waals surface area contributed by atoms with E-state index in [0.29, 0.717) is 19.4 Å². The minimum Gasteiger partial charge on any atom is -0.466 e. The molecule has 0 saturated carbocycles. The van der Waals surface area contributed by atoms with E-state index in [-0.39, 0.29) is 18.5 Å². The molecule has 11 heteroatoms. The molecule has 1 aliphatic rings. The number of ether oxygens (including phenoxy) is 3. The molecular weight excluding hydrogens is 931 g/mol. The van der Waals surface area contributed by atoms with Crippen LogP contribution >= 0.6 is 0 Å². The lowest BCUT2D eigenvalue weighted by Crippen LogP contribution is -2.60. The van der Waals surface area contributed by atoms with E-state index in [4.69, 9.17) is 14.2 Å². The van der Waals surface area contributed by atoms with Gasteiger partial charge in [-0.1, -0.05) is 209 Å². The second kappa shape index (κ2) is 52.2. The van der Waals surface area contributed by atoms with Crippen LogP contribution in [0.1, 0.15) is 251 Å². The monoisotopic (exact) mass is 1040 g/mol. The van der Waals surface area contributed by atoms with Crippen LogP contribution in [0.25, 0.3) is 0 Å². The van der Waals surface area contributed by atoms with Crippen molar-refractivity contribution in [3.05, 3.63) is 72.9 Å². The largest absolute Gasteiger partial charge is 0.466 e. The lowest BCUT2D eigenvalue weighted by molar-refractivity contribution is -0.302. The van der Waals surface area contributed by atoms with Gasteiger partial charge in [0.05, 0.1) is 32.0 Å². The first kappa shape index (κ1) is 69.1. The van der Waals surface area contributed by atoms with Gasteiger partial charge < -0.3 is 45.1 Å². The molecule has 1 rings (SSSR count). The second-order valence-electron chi connectivity index (χ2n) is 20.6. The highest BCUT2D eigenvalue weighted by Gasteiger charge is 2.44. The summed E-state index contributed by atoms with van der Waals surface area (Å²) in [4.78, 5) is 25.0. The van der Waals surface area contributed by atoms with Crippen LogP contribution in [-0.2, 0) is 23.8 Å². The molecule has 11 nitrogen and oxygen atoms in total. The Morgan fingerprint density at radius 1 is 0.514 bits per heavy atom. The maximum Gasteiger partial charge on any atom is 0.305 e. The maximum atomic E-state index is 13.0. The summed E-state index contributed by atoms with van der Waals surface area (Å²) in [5.74, 6) is -0.221. The van der Waals surface area contributed by atoms with Crippen molar-refractivity contribution in [1.29, 1.82) is 0 Å². The van der Waals surface area contributed by atoms with Gasteiger partial charge in [0.15, 0.2) is 6.29 Å². The summed E-state index contributed by atoms with van der Waals surface area (Å²) in [6.07, 6.45) is 58.8. The Kier molecular flexibility index (Phi) is 48.7. The van der Waals surface area contributed by atoms with Crippen LogP contribution in [0.5, 0.6) is 0 Å². The summed E-state index contributed by atoms with van der Waals surface area (Å²) in [6.45, 7) is 4.14. The van der Waals surface area contributed by atoms with E-state index >= 15 is 0 Å². The Balaban J connectivity index is 2.04. The van der Waals surface area contributed by atoms with Gasteiger partial charge in [0.25, 0.3) is 0 Å². The van der Waals surface area contributed by atoms with E-state index in [9.17, 15) is 35.1 Å². The molecule has 0 aromatic rings. The highest BCUT2D eigenvalue weighted by molar-refractivity contribution is 5.76. The first-order valence-corrected chi connectivity index (χ1v) is 30.2. The molecule has 0 spiro atoms. The number of hydrogen-bond acceptors (Lipinski definition) is 10. The molecule has 7 atom stereocenters. The molecule has 0 radical (unpaired) electrons. The molecule has 7 unspecified atom stereocenters. The fourth-order valence-electron chi connectivity index (χ4n) is 8.95. The smallest absolute Gasteiger partial charge is 0.305 e. The Labute approximate surface area is 451 Å². The Morgan fingerprint density at radius 3 is 1.49 bits per heavy atom. The van der Waals surface area contributed by atoms with Crippen molar-refractivity contribution in [3.8, 4) is 0 Å². The first-order chi connectivity index (χ1) is 36.2. The minimum atomic E-state index is -1.58. The number of nitrogens with one attached hydrogen (secondary N) is 1. The lowest BCUT2D eigenvalue weighted by Gasteiger charge is -2.40. The fourth-order valence-corrected chi connectivity index (χ4v) is 8.95. The van der Waals surface area contributed by atoms with Crippen molar-refractivity contribution in [2.75, 3.05) is 19.8 Å². The van der Waals surface area contributed by atoms with Crippen molar-refractivity contribution in [3.63, 3.8) is 0 Å². The zero-order valence-electron chi connectivity index (χ0n) is 47.0. The average molecular weight is 1040 g/mol. The third-order valence-electron chi connectivity index (χ3n) is 13.8. The van der Waals surface area contributed by atoms with Gasteiger partial charge in [-0.3, -0.25) is 9.59 Å². The molecule has 0 aliphatic carbocycles. The molecule has 1 amide bonds. The van der Waals surface area contributed by atoms with Crippen LogP contribution in [0.2, 0.25) is 0 Å². The van der Waals surface area contributed by atoms with Crippen LogP contribution in [0, 0.1) is 0 Å². The highest BCUT2D eigenvalue weighted by Crippen LogP contribution is 2.23. The van der Waals surface area contributed by atoms with E-state index in [1.165, 1.54) is 128 Å². The molecule has 428 valence electrons. The number of unbranched alkanes of at least 4 members (excludes halogenated alkanes) is 27. The summed E-state index contributed by atoms with van der Waals surface area (Å²) < 4.78 is 16.6. The highest BCUT2D eigenvalue weighted by atomic mass is 16.7. The molecule has 0 aromatic heterocycles. The van der Waals surface area contributed by atoms with Crippen LogP contribution in [-0.4, -0.2) is 100 Å². The van der Waals surface area contributed by atoms with Gasteiger partial charge in [-0.05, 0) is 103 Å². The van der Waals surface area contributed by atoms with E-state index in [1.54, 1.807) is 6.08 Å². The number of amides is 1. The van der Waals surface area contributed by atoms with Crippen LogP contribution in [0.3, 0.4) is 0 Å². The second-order valence-corrected chi connectivity index (χ2v) is 20.6. The number of aliphatic hydroxyl groups excluding tert-OH is 5. The number of aliphatic hydroxyl groups is 5. The first-order valence-electron chi connectivity index (χ1n) is 30.2. The van der Waals surface area contributed by atoms with E-state index in [2.05, 4.69) is 79.9 Å². The zero-order valence-corrected chi connectivity index (χ0v) is 47.0. The van der Waals surface area contributed by atoms with E-state index in [1.807, 2.05) is 6.08 Å². The van der Waals surface area contributed by atoms with Crippen LogP contribution < -0.4 is 5.32 Å². The molecule has 0 aromatic carbocycles. The fraction of sp³-hybridized carbons (Fsp3) is 0.778. The van der Waals surface area contributed by atoms with Gasteiger partial charge in [0, 0.05) is 12.8 Å². The van der Waals surface area contributed by atoms with Crippen molar-refractivity contribution in [2.24, 2.45) is 0 Å². The van der Waals surface area contributed by atoms with Crippen molar-refractivity contribution in [1.82, 2.24) is 5.32 Å². The van der Waals surface area contributed by atoms with Gasteiger partial charge in [-0.25, -0.2) is 0 Å². The number of carbonyl (C=O) groups excluding carboxylic acids is 2. The summed E-state index contributed by atoms with van der Waals surface area (Å²) in [5.41, 5.74) is 0. The number of carbonyl (C=O) groups is 2. The Bertz CT molecular complexity index is 1460. The number of rotatable bonds is 51. The van der Waals surface area contributed by atoms with Gasteiger partial charge in [0.1, 0.15) is 24.4 Å². The zero-order chi connectivity index (χ0) is 53.8. The summed E-state index contributed by atoms with van der Waals surface area (Å²) in [7, 11) is 0. The van der Waals surface area contributed by atoms with Crippen LogP contribution in [0.15, 0.2) is 72.9 Å². The third-order valence-corrected chi connectivity index (χ3v) is 13.8. The molecular formula is C63H111NO10. The Hall–Kier alpha value is -2.90. The molecule has 6 N–H and O–H groups in total. The third kappa shape index (κ3) is 41.3. The molecule has 1 saturated heterocycles. The SMILES string of the molecule is CC/C=C/CC/C=C/CC/C=C/C(O)C(COC1OC(CO)C(O)C(O)C1O)NC(=O)CCCCCCCCCCC/C=C\C/C=C\CCCCCCCCCCCOC(=O)CCCCCCC/C=C\CCCC. The number of esters is 1. The lowest BCUT2D eigenvalue weighted by atomic mass is 9.99. The van der Waals surface area contributed by atoms with Gasteiger partial charge in [-0.15, -0.1) is 0 Å². The summed E-state index contributed by atoms with van der Waals surface area (Å²) in [6, 6.07) is -0.840. The number of hydrogen-bond donors (Lipinski definition) is 6. The number of allylic oxidation sites excluding steroid dienone is 11. The molecule has 1 aliphatic heterocycles. The van der Waals surface area contributed by atoms with Gasteiger partial charge >= 0.3 is 5.97 Å². The molecule has 0 bridgehead atoms. The van der Waals surface area contributed by atoms with Gasteiger partial charge in [-0.2, -0.15) is 0 Å². The molecule has 1 heterocycles. The molecule has 74 heavy (non-hydrogen) atoms. The van der Waals surface area contributed by atoms with Crippen LogP contribution in [0.4, 0.5) is 0 Å². The normalized spacial score (nSPS) is 19.4. The van der Waals surface area contributed by atoms with E-state index in [0.717, 1.165) is 96.3 Å². The van der Waals surface area contributed by atoms with Crippen molar-refractivity contribution < 1.29 is 49.3 Å². The predicted molar refractivity (Wildman–Crippen MR) is 306 cm³/mol. The topological polar surface area (TPSA) is 175 Å². The van der Waals surface area contributed by atoms with Crippen molar-refractivity contribution >= 4 is 11.9 Å². The van der Waals surface area contributed by atoms with E-state index < -0.39 is 49.5 Å². The maximum absolute atomic E-state index is 13.0. The quantitative estimate of drug-likeness (QED) is 0.0195. The predicted octanol–water partition coefficient (Wildman–Crippen LogP) is 14.0. The average Bonchev–Trinajstić information content (AvgIpc) is 3.40. The summed E-state index contributed by atoms with van der Waals surface area (Å²) in [5, 5.41) is 54.2.